The van der Waals surface area contributed by atoms with Crippen LogP contribution in [0.3, 0.4) is 0 Å². The van der Waals surface area contributed by atoms with Gasteiger partial charge in [-0.25, -0.2) is 17.8 Å². The van der Waals surface area contributed by atoms with Crippen molar-refractivity contribution in [2.45, 2.75) is 31.5 Å². The smallest absolute Gasteiger partial charge is 0.404 e. The van der Waals surface area contributed by atoms with Gasteiger partial charge in [0.05, 0.1) is 34.5 Å². The number of aryl methyl sites for hydroxylation is 1. The summed E-state index contributed by atoms with van der Waals surface area (Å²) < 4.78 is 85.9. The van der Waals surface area contributed by atoms with Crippen LogP contribution in [0, 0.1) is 12.7 Å². The standard InChI is InChI=1S/C26H22ClF4N7O4S/c1-13-10-34-20(11-33-13)35-24-21(23(32)39)22(36-37-24)14-2-5-18(38-43(40,41)12-26(29,30)31)19(8-14)42-25(6-7-25)15-3-4-16(27)17(28)9-15/h2-5,8-11,38H,6-7,12H2,1H3,(H2,32,39)(H2,34,35,36,37). The van der Waals surface area contributed by atoms with E-state index in [0.29, 0.717) is 24.1 Å². The number of hydrogen-bond donors (Lipinski definition) is 4. The molecule has 1 saturated carbocycles. The second kappa shape index (κ2) is 11.0. The highest BCUT2D eigenvalue weighted by Gasteiger charge is 2.48. The minimum Gasteiger partial charge on any atom is -0.480 e. The Morgan fingerprint density at radius 3 is 2.51 bits per heavy atom. The molecule has 1 aliphatic rings. The lowest BCUT2D eigenvalue weighted by Crippen LogP contribution is -2.28. The van der Waals surface area contributed by atoms with Gasteiger partial charge in [-0.1, -0.05) is 23.7 Å². The maximum atomic E-state index is 14.3. The van der Waals surface area contributed by atoms with Gasteiger partial charge in [0.15, 0.2) is 11.6 Å². The van der Waals surface area contributed by atoms with Gasteiger partial charge >= 0.3 is 6.18 Å². The summed E-state index contributed by atoms with van der Waals surface area (Å²) in [5, 5.41) is 9.50. The van der Waals surface area contributed by atoms with Crippen LogP contribution in [-0.4, -0.2) is 46.4 Å². The number of nitrogens with one attached hydrogen (secondary N) is 3. The number of benzene rings is 2. The van der Waals surface area contributed by atoms with Gasteiger partial charge in [-0.3, -0.25) is 19.6 Å². The summed E-state index contributed by atoms with van der Waals surface area (Å²) in [4.78, 5) is 20.7. The fraction of sp³-hybridized carbons (Fsp3) is 0.231. The number of halogens is 5. The number of hydrogen-bond acceptors (Lipinski definition) is 8. The van der Waals surface area contributed by atoms with Crippen LogP contribution in [0.2, 0.25) is 5.02 Å². The van der Waals surface area contributed by atoms with E-state index in [0.717, 1.165) is 0 Å². The second-order valence-corrected chi connectivity index (χ2v) is 11.9. The number of anilines is 3. The van der Waals surface area contributed by atoms with E-state index in [4.69, 9.17) is 22.1 Å². The number of nitrogens with two attached hydrogens (primary N) is 1. The minimum atomic E-state index is -5.01. The summed E-state index contributed by atoms with van der Waals surface area (Å²) >= 11 is 5.81. The third-order valence-electron chi connectivity index (χ3n) is 6.38. The van der Waals surface area contributed by atoms with Crippen molar-refractivity contribution in [1.29, 1.82) is 0 Å². The summed E-state index contributed by atoms with van der Waals surface area (Å²) in [6, 6.07) is 7.82. The SMILES string of the molecule is Cc1cnc(Nc2n[nH]c(-c3ccc(NS(=O)(=O)CC(F)(F)F)c(OC4(c5ccc(Cl)c(F)c5)CC4)c3)c2C(N)=O)cn1. The Morgan fingerprint density at radius 2 is 1.91 bits per heavy atom. The van der Waals surface area contributed by atoms with E-state index in [9.17, 15) is 30.8 Å². The molecule has 4 aromatic rings. The zero-order valence-electron chi connectivity index (χ0n) is 22.1. The van der Waals surface area contributed by atoms with Crippen LogP contribution in [0.4, 0.5) is 34.9 Å². The highest BCUT2D eigenvalue weighted by Crippen LogP contribution is 2.51. The summed E-state index contributed by atoms with van der Waals surface area (Å²) in [6.45, 7) is 1.74. The number of primary amides is 1. The number of ether oxygens (including phenoxy) is 1. The molecule has 1 amide bonds. The van der Waals surface area contributed by atoms with E-state index >= 15 is 0 Å². The Morgan fingerprint density at radius 1 is 1.16 bits per heavy atom. The molecule has 1 aliphatic carbocycles. The lowest BCUT2D eigenvalue weighted by molar-refractivity contribution is -0.106. The van der Waals surface area contributed by atoms with Crippen LogP contribution in [-0.2, 0) is 15.6 Å². The van der Waals surface area contributed by atoms with Crippen LogP contribution in [0.25, 0.3) is 11.3 Å². The molecule has 0 bridgehead atoms. The lowest BCUT2D eigenvalue weighted by atomic mass is 10.0. The first-order valence-corrected chi connectivity index (χ1v) is 14.5. The molecule has 0 saturated heterocycles. The average molecular weight is 640 g/mol. The van der Waals surface area contributed by atoms with E-state index < -0.39 is 39.3 Å². The van der Waals surface area contributed by atoms with Crippen molar-refractivity contribution in [1.82, 2.24) is 20.2 Å². The van der Waals surface area contributed by atoms with E-state index in [-0.39, 0.29) is 44.9 Å². The van der Waals surface area contributed by atoms with Gasteiger partial charge in [0.25, 0.3) is 5.91 Å². The first-order valence-electron chi connectivity index (χ1n) is 12.4. The first-order chi connectivity index (χ1) is 20.1. The highest BCUT2D eigenvalue weighted by atomic mass is 35.5. The Hall–Kier alpha value is -4.44. The number of amides is 1. The van der Waals surface area contributed by atoms with Crippen LogP contribution >= 0.6 is 11.6 Å². The highest BCUT2D eigenvalue weighted by molar-refractivity contribution is 7.92. The molecule has 0 unspecified atom stereocenters. The molecular weight excluding hydrogens is 618 g/mol. The van der Waals surface area contributed by atoms with Gasteiger partial charge in [0, 0.05) is 5.56 Å². The van der Waals surface area contributed by atoms with Crippen molar-refractivity contribution >= 4 is 44.9 Å². The quantitative estimate of drug-likeness (QED) is 0.172. The number of carbonyl (C=O) groups excluding carboxylic acids is 1. The summed E-state index contributed by atoms with van der Waals surface area (Å²) in [6.07, 6.45) is -1.34. The van der Waals surface area contributed by atoms with Crippen molar-refractivity contribution in [3.63, 3.8) is 0 Å². The van der Waals surface area contributed by atoms with Gasteiger partial charge in [-0.2, -0.15) is 18.3 Å². The minimum absolute atomic E-state index is 0.00776. The van der Waals surface area contributed by atoms with Crippen LogP contribution in [0.1, 0.15) is 34.5 Å². The molecule has 43 heavy (non-hydrogen) atoms. The monoisotopic (exact) mass is 639 g/mol. The summed E-state index contributed by atoms with van der Waals surface area (Å²) in [5.41, 5.74) is 5.46. The molecule has 2 aromatic carbocycles. The fourth-order valence-corrected chi connectivity index (χ4v) is 5.40. The lowest BCUT2D eigenvalue weighted by Gasteiger charge is -2.22. The molecule has 2 heterocycles. The van der Waals surface area contributed by atoms with E-state index in [1.165, 1.54) is 48.8 Å². The van der Waals surface area contributed by atoms with Crippen molar-refractivity contribution in [3.8, 4) is 17.0 Å². The van der Waals surface area contributed by atoms with Crippen molar-refractivity contribution in [3.05, 3.63) is 76.5 Å². The molecule has 2 aromatic heterocycles. The van der Waals surface area contributed by atoms with Crippen LogP contribution < -0.4 is 20.5 Å². The number of alkyl halides is 3. The van der Waals surface area contributed by atoms with E-state index in [1.807, 2.05) is 4.72 Å². The third kappa shape index (κ3) is 6.80. The number of sulfonamides is 1. The number of H-pyrrole nitrogens is 1. The number of nitrogens with zero attached hydrogens (tertiary/aromatic N) is 3. The van der Waals surface area contributed by atoms with Gasteiger partial charge in [0.1, 0.15) is 28.5 Å². The Bertz CT molecular complexity index is 1810. The zero-order chi connectivity index (χ0) is 31.2. The molecule has 17 heteroatoms. The molecule has 226 valence electrons. The molecule has 0 aliphatic heterocycles. The van der Waals surface area contributed by atoms with Gasteiger partial charge in [-0.15, -0.1) is 0 Å². The Kier molecular flexibility index (Phi) is 7.68. The summed E-state index contributed by atoms with van der Waals surface area (Å²) in [5.74, 6) is -3.67. The fourth-order valence-electron chi connectivity index (χ4n) is 4.28. The molecule has 1 fully saturated rings. The van der Waals surface area contributed by atoms with Crippen molar-refractivity contribution in [2.75, 3.05) is 15.8 Å². The van der Waals surface area contributed by atoms with Crippen LogP contribution in [0.15, 0.2) is 48.8 Å². The maximum absolute atomic E-state index is 14.3. The van der Waals surface area contributed by atoms with E-state index in [2.05, 4.69) is 25.5 Å². The summed E-state index contributed by atoms with van der Waals surface area (Å²) in [7, 11) is -4.91. The largest absolute Gasteiger partial charge is 0.480 e. The Labute approximate surface area is 246 Å². The molecule has 5 N–H and O–H groups in total. The first kappa shape index (κ1) is 30.0. The maximum Gasteiger partial charge on any atom is 0.404 e. The van der Waals surface area contributed by atoms with Crippen molar-refractivity contribution in [2.24, 2.45) is 5.73 Å². The molecule has 0 radical (unpaired) electrons. The third-order valence-corrected chi connectivity index (χ3v) is 7.93. The molecular formula is C26H22ClF4N7O4S. The van der Waals surface area contributed by atoms with Gasteiger partial charge in [0.2, 0.25) is 10.0 Å². The van der Waals surface area contributed by atoms with Gasteiger partial charge < -0.3 is 15.8 Å². The Balaban J connectivity index is 1.56. The normalized spacial score (nSPS) is 14.3. The molecule has 11 nitrogen and oxygen atoms in total. The van der Waals surface area contributed by atoms with Crippen molar-refractivity contribution < 1.29 is 35.5 Å². The number of carbonyl (C=O) groups is 1. The van der Waals surface area contributed by atoms with E-state index in [1.54, 1.807) is 6.92 Å². The predicted octanol–water partition coefficient (Wildman–Crippen LogP) is 5.18. The second-order valence-electron chi connectivity index (χ2n) is 9.77. The average Bonchev–Trinajstić information content (AvgIpc) is 3.56. The topological polar surface area (TPSA) is 165 Å². The zero-order valence-corrected chi connectivity index (χ0v) is 23.7. The molecule has 0 spiro atoms. The number of rotatable bonds is 10. The number of aromatic amines is 1. The molecule has 0 atom stereocenters. The van der Waals surface area contributed by atoms with Gasteiger partial charge in [-0.05, 0) is 49.6 Å². The number of aromatic nitrogens is 4. The molecule has 5 rings (SSSR count). The van der Waals surface area contributed by atoms with Crippen LogP contribution in [0.5, 0.6) is 5.75 Å². The predicted molar refractivity (Wildman–Crippen MR) is 149 cm³/mol.